The van der Waals surface area contributed by atoms with Gasteiger partial charge in [-0.3, -0.25) is 0 Å². The van der Waals surface area contributed by atoms with Gasteiger partial charge in [0.2, 0.25) is 0 Å². The van der Waals surface area contributed by atoms with Crippen molar-refractivity contribution >= 4 is 22.5 Å². The third-order valence-corrected chi connectivity index (χ3v) is 4.17. The van der Waals surface area contributed by atoms with Gasteiger partial charge in [0.1, 0.15) is 5.17 Å². The average molecular weight is 270 g/mol. The summed E-state index contributed by atoms with van der Waals surface area (Å²) < 4.78 is 0. The van der Waals surface area contributed by atoms with Gasteiger partial charge in [0, 0.05) is 11.8 Å². The number of aliphatic imine (C=N–C) groups is 1. The molecule has 1 aliphatic rings. The molecule has 0 saturated heterocycles. The molecule has 0 fully saturated rings. The van der Waals surface area contributed by atoms with Crippen molar-refractivity contribution in [2.24, 2.45) is 10.9 Å². The number of nitrogens with zero attached hydrogens (tertiary/aromatic N) is 1. The summed E-state index contributed by atoms with van der Waals surface area (Å²) in [6, 6.07) is 18.9. The molecule has 0 radical (unpaired) electrons. The Balaban J connectivity index is 2.17. The topological polar surface area (TPSA) is 12.4 Å². The molecular formula is C17H16ClN. The van der Waals surface area contributed by atoms with Crippen molar-refractivity contribution in [1.82, 2.24) is 0 Å². The van der Waals surface area contributed by atoms with Gasteiger partial charge in [0.05, 0.1) is 5.69 Å². The second-order valence-electron chi connectivity index (χ2n) is 4.90. The van der Waals surface area contributed by atoms with E-state index >= 15 is 0 Å². The molecule has 3 rings (SSSR count). The molecule has 2 heteroatoms. The first kappa shape index (κ1) is 12.4. The number of benzene rings is 2. The molecule has 0 spiro atoms. The lowest BCUT2D eigenvalue weighted by Crippen LogP contribution is -2.22. The van der Waals surface area contributed by atoms with Crippen LogP contribution >= 0.6 is 11.6 Å². The van der Waals surface area contributed by atoms with Gasteiger partial charge in [0.25, 0.3) is 0 Å². The smallest absolute Gasteiger partial charge is 0.111 e. The van der Waals surface area contributed by atoms with Crippen LogP contribution in [0.2, 0.25) is 0 Å². The minimum absolute atomic E-state index is 0.277. The zero-order valence-electron chi connectivity index (χ0n) is 10.9. The number of rotatable bonds is 2. The Hall–Kier alpha value is -1.60. The quantitative estimate of drug-likeness (QED) is 0.717. The third-order valence-electron chi connectivity index (χ3n) is 3.81. The number of halogens is 1. The summed E-state index contributed by atoms with van der Waals surface area (Å²) in [5.41, 5.74) is 3.60. The molecule has 2 atom stereocenters. The molecule has 1 aliphatic heterocycles. The fraction of sp³-hybridized carbons (Fsp3) is 0.235. The molecule has 2 unspecified atom stereocenters. The summed E-state index contributed by atoms with van der Waals surface area (Å²) in [4.78, 5) is 4.56. The predicted octanol–water partition coefficient (Wildman–Crippen LogP) is 5.13. The summed E-state index contributed by atoms with van der Waals surface area (Å²) in [5, 5.41) is 0.732. The number of hydrogen-bond donors (Lipinski definition) is 0. The largest absolute Gasteiger partial charge is 0.241 e. The van der Waals surface area contributed by atoms with E-state index in [0.29, 0.717) is 5.92 Å². The fourth-order valence-corrected chi connectivity index (χ4v) is 3.25. The summed E-state index contributed by atoms with van der Waals surface area (Å²) in [5.74, 6) is 0.589. The van der Waals surface area contributed by atoms with Crippen molar-refractivity contribution in [2.45, 2.75) is 19.3 Å². The number of para-hydroxylation sites is 1. The predicted molar refractivity (Wildman–Crippen MR) is 81.5 cm³/mol. The molecule has 0 N–H and O–H groups in total. The van der Waals surface area contributed by atoms with Crippen molar-refractivity contribution in [3.63, 3.8) is 0 Å². The Morgan fingerprint density at radius 3 is 2.42 bits per heavy atom. The van der Waals surface area contributed by atoms with Gasteiger partial charge in [-0.2, -0.15) is 0 Å². The van der Waals surface area contributed by atoms with Crippen LogP contribution in [0.15, 0.2) is 59.6 Å². The molecule has 0 amide bonds. The highest BCUT2D eigenvalue weighted by molar-refractivity contribution is 6.66. The van der Waals surface area contributed by atoms with Crippen LogP contribution in [0.4, 0.5) is 5.69 Å². The molecule has 2 aromatic rings. The van der Waals surface area contributed by atoms with Crippen LogP contribution in [0.1, 0.15) is 30.4 Å². The SMILES string of the molecule is CCC1C(Cl)=Nc2ccccc2C1c1ccccc1. The van der Waals surface area contributed by atoms with E-state index in [1.54, 1.807) is 0 Å². The monoisotopic (exact) mass is 269 g/mol. The highest BCUT2D eigenvalue weighted by Crippen LogP contribution is 2.43. The van der Waals surface area contributed by atoms with E-state index in [2.05, 4.69) is 54.4 Å². The Morgan fingerprint density at radius 2 is 1.68 bits per heavy atom. The average Bonchev–Trinajstić information content (AvgIpc) is 2.46. The maximum Gasteiger partial charge on any atom is 0.111 e. The Morgan fingerprint density at radius 1 is 1.00 bits per heavy atom. The maximum atomic E-state index is 6.41. The Labute approximate surface area is 119 Å². The molecule has 0 bridgehead atoms. The molecule has 0 saturated carbocycles. The van der Waals surface area contributed by atoms with E-state index in [9.17, 15) is 0 Å². The van der Waals surface area contributed by atoms with Gasteiger partial charge >= 0.3 is 0 Å². The highest BCUT2D eigenvalue weighted by Gasteiger charge is 2.32. The first-order valence-corrected chi connectivity index (χ1v) is 7.07. The fourth-order valence-electron chi connectivity index (χ4n) is 2.88. The van der Waals surface area contributed by atoms with Gasteiger partial charge in [-0.25, -0.2) is 4.99 Å². The van der Waals surface area contributed by atoms with Crippen LogP contribution in [0.25, 0.3) is 0 Å². The van der Waals surface area contributed by atoms with Crippen LogP contribution in [-0.4, -0.2) is 5.17 Å². The van der Waals surface area contributed by atoms with E-state index in [-0.39, 0.29) is 5.92 Å². The lowest BCUT2D eigenvalue weighted by Gasteiger charge is -2.30. The third kappa shape index (κ3) is 2.19. The van der Waals surface area contributed by atoms with Gasteiger partial charge in [0.15, 0.2) is 0 Å². The second kappa shape index (κ2) is 5.18. The van der Waals surface area contributed by atoms with E-state index in [1.165, 1.54) is 11.1 Å². The first-order valence-electron chi connectivity index (χ1n) is 6.69. The van der Waals surface area contributed by atoms with Crippen molar-refractivity contribution in [1.29, 1.82) is 0 Å². The second-order valence-corrected chi connectivity index (χ2v) is 5.28. The van der Waals surface area contributed by atoms with Crippen LogP contribution < -0.4 is 0 Å². The van der Waals surface area contributed by atoms with Gasteiger partial charge in [-0.05, 0) is 23.6 Å². The summed E-state index contributed by atoms with van der Waals surface area (Å²) >= 11 is 6.41. The van der Waals surface area contributed by atoms with Crippen LogP contribution in [0.5, 0.6) is 0 Å². The lowest BCUT2D eigenvalue weighted by molar-refractivity contribution is 0.583. The van der Waals surface area contributed by atoms with E-state index < -0.39 is 0 Å². The minimum Gasteiger partial charge on any atom is -0.241 e. The van der Waals surface area contributed by atoms with Crippen molar-refractivity contribution in [3.05, 3.63) is 65.7 Å². The van der Waals surface area contributed by atoms with Crippen LogP contribution in [0, 0.1) is 5.92 Å². The maximum absolute atomic E-state index is 6.41. The van der Waals surface area contributed by atoms with Gasteiger partial charge in [-0.15, -0.1) is 0 Å². The van der Waals surface area contributed by atoms with E-state index in [4.69, 9.17) is 11.6 Å². The van der Waals surface area contributed by atoms with Gasteiger partial charge in [-0.1, -0.05) is 67.1 Å². The van der Waals surface area contributed by atoms with E-state index in [0.717, 1.165) is 17.3 Å². The van der Waals surface area contributed by atoms with Crippen molar-refractivity contribution < 1.29 is 0 Å². The summed E-state index contributed by atoms with van der Waals surface area (Å²) in [6.07, 6.45) is 0.996. The normalized spacial score (nSPS) is 21.7. The van der Waals surface area contributed by atoms with Crippen molar-refractivity contribution in [3.8, 4) is 0 Å². The molecule has 1 nitrogen and oxygen atoms in total. The van der Waals surface area contributed by atoms with E-state index in [1.807, 2.05) is 12.1 Å². The molecule has 0 aliphatic carbocycles. The highest BCUT2D eigenvalue weighted by atomic mass is 35.5. The van der Waals surface area contributed by atoms with Crippen LogP contribution in [-0.2, 0) is 0 Å². The molecular weight excluding hydrogens is 254 g/mol. The zero-order chi connectivity index (χ0) is 13.2. The minimum atomic E-state index is 0.277. The van der Waals surface area contributed by atoms with Crippen molar-refractivity contribution in [2.75, 3.05) is 0 Å². The van der Waals surface area contributed by atoms with Crippen LogP contribution in [0.3, 0.4) is 0 Å². The zero-order valence-corrected chi connectivity index (χ0v) is 11.6. The Bertz CT molecular complexity index is 604. The number of hydrogen-bond acceptors (Lipinski definition) is 1. The number of fused-ring (bicyclic) bond motifs is 1. The summed E-state index contributed by atoms with van der Waals surface area (Å²) in [7, 11) is 0. The van der Waals surface area contributed by atoms with Gasteiger partial charge < -0.3 is 0 Å². The molecule has 1 heterocycles. The summed E-state index contributed by atoms with van der Waals surface area (Å²) in [6.45, 7) is 2.17. The Kier molecular flexibility index (Phi) is 3.39. The standard InChI is InChI=1S/C17H16ClN/c1-2-13-16(12-8-4-3-5-9-12)14-10-6-7-11-15(14)19-17(13)18/h3-11,13,16H,2H2,1H3. The molecule has 0 aromatic heterocycles. The lowest BCUT2D eigenvalue weighted by atomic mass is 9.77. The molecule has 19 heavy (non-hydrogen) atoms. The first-order chi connectivity index (χ1) is 9.31. The molecule has 96 valence electrons. The molecule has 2 aromatic carbocycles.